The van der Waals surface area contributed by atoms with Crippen LogP contribution in [0, 0.1) is 0 Å². The number of carbonyl (C=O) groups is 1. The number of rotatable bonds is 5. The van der Waals surface area contributed by atoms with Crippen LogP contribution in [0.2, 0.25) is 0 Å². The number of fused-ring (bicyclic) bond motifs is 1. The molecule has 28 heavy (non-hydrogen) atoms. The standard InChI is InChI=1S/C25H22O3/c1-25(2,20-12-8-19(9-13-20)24(26)27)28-21-14-10-18-11-15-22(23(18)16-21)17-6-4-3-5-7-17/h3-10,12-16H,11H2,1-2H3,(H,26,27). The number of ether oxygens (including phenoxy) is 1. The highest BCUT2D eigenvalue weighted by Gasteiger charge is 2.24. The molecule has 1 aliphatic carbocycles. The molecule has 0 saturated heterocycles. The molecule has 3 heteroatoms. The summed E-state index contributed by atoms with van der Waals surface area (Å²) in [5.41, 5.74) is 5.58. The van der Waals surface area contributed by atoms with Gasteiger partial charge in [0.15, 0.2) is 0 Å². The van der Waals surface area contributed by atoms with Crippen molar-refractivity contribution in [3.8, 4) is 5.75 Å². The molecule has 0 spiro atoms. The number of carboxylic acid groups (broad SMARTS) is 1. The van der Waals surface area contributed by atoms with Gasteiger partial charge in [-0.25, -0.2) is 4.79 Å². The highest BCUT2D eigenvalue weighted by molar-refractivity contribution is 5.87. The van der Waals surface area contributed by atoms with Crippen LogP contribution in [0.5, 0.6) is 5.75 Å². The molecule has 0 amide bonds. The summed E-state index contributed by atoms with van der Waals surface area (Å²) in [5, 5.41) is 9.09. The van der Waals surface area contributed by atoms with Crippen molar-refractivity contribution in [3.05, 3.63) is 107 Å². The second kappa shape index (κ2) is 7.01. The first-order valence-electron chi connectivity index (χ1n) is 9.36. The van der Waals surface area contributed by atoms with E-state index in [0.29, 0.717) is 0 Å². The molecule has 3 nitrogen and oxygen atoms in total. The second-order valence-electron chi connectivity index (χ2n) is 7.50. The molecule has 3 aromatic carbocycles. The van der Waals surface area contributed by atoms with Crippen LogP contribution in [-0.4, -0.2) is 11.1 Å². The van der Waals surface area contributed by atoms with E-state index in [1.54, 1.807) is 12.1 Å². The fraction of sp³-hybridized carbons (Fsp3) is 0.160. The van der Waals surface area contributed by atoms with Crippen molar-refractivity contribution in [1.82, 2.24) is 0 Å². The molecule has 0 fully saturated rings. The number of allylic oxidation sites excluding steroid dienone is 1. The molecule has 0 aliphatic heterocycles. The molecule has 0 saturated carbocycles. The zero-order valence-electron chi connectivity index (χ0n) is 16.0. The van der Waals surface area contributed by atoms with E-state index < -0.39 is 11.6 Å². The quantitative estimate of drug-likeness (QED) is 0.628. The summed E-state index contributed by atoms with van der Waals surface area (Å²) in [4.78, 5) is 11.1. The predicted octanol–water partition coefficient (Wildman–Crippen LogP) is 5.69. The van der Waals surface area contributed by atoms with Crippen molar-refractivity contribution in [3.63, 3.8) is 0 Å². The molecule has 0 heterocycles. The third-order valence-corrected chi connectivity index (χ3v) is 5.18. The lowest BCUT2D eigenvalue weighted by molar-refractivity contribution is 0.0696. The molecule has 3 aromatic rings. The lowest BCUT2D eigenvalue weighted by atomic mass is 9.96. The lowest BCUT2D eigenvalue weighted by Crippen LogP contribution is -2.25. The van der Waals surface area contributed by atoms with Gasteiger partial charge in [-0.3, -0.25) is 0 Å². The third kappa shape index (κ3) is 3.44. The Morgan fingerprint density at radius 1 is 0.964 bits per heavy atom. The Balaban J connectivity index is 1.61. The van der Waals surface area contributed by atoms with E-state index in [4.69, 9.17) is 9.84 Å². The minimum absolute atomic E-state index is 0.273. The van der Waals surface area contributed by atoms with Gasteiger partial charge >= 0.3 is 5.97 Å². The van der Waals surface area contributed by atoms with Gasteiger partial charge in [0.05, 0.1) is 5.56 Å². The fourth-order valence-corrected chi connectivity index (χ4v) is 3.63. The molecule has 0 aromatic heterocycles. The first-order chi connectivity index (χ1) is 13.4. The Bertz CT molecular complexity index is 1040. The predicted molar refractivity (Wildman–Crippen MR) is 111 cm³/mol. The number of carboxylic acids is 1. The molecule has 0 radical (unpaired) electrons. The van der Waals surface area contributed by atoms with E-state index in [9.17, 15) is 4.79 Å². The Labute approximate surface area is 164 Å². The van der Waals surface area contributed by atoms with Crippen molar-refractivity contribution < 1.29 is 14.6 Å². The van der Waals surface area contributed by atoms with Crippen LogP contribution < -0.4 is 4.74 Å². The van der Waals surface area contributed by atoms with Gasteiger partial charge in [0.25, 0.3) is 0 Å². The van der Waals surface area contributed by atoms with Gasteiger partial charge in [-0.15, -0.1) is 0 Å². The summed E-state index contributed by atoms with van der Waals surface area (Å²) >= 11 is 0. The maximum absolute atomic E-state index is 11.1. The summed E-state index contributed by atoms with van der Waals surface area (Å²) in [6.07, 6.45) is 3.19. The summed E-state index contributed by atoms with van der Waals surface area (Å²) in [6, 6.07) is 23.5. The topological polar surface area (TPSA) is 46.5 Å². The SMILES string of the molecule is CC(C)(Oc1ccc2c(c1)C(c1ccccc1)=CC2)c1ccc(C(=O)O)cc1. The van der Waals surface area contributed by atoms with Crippen molar-refractivity contribution >= 4 is 11.5 Å². The van der Waals surface area contributed by atoms with Crippen LogP contribution in [0.3, 0.4) is 0 Å². The van der Waals surface area contributed by atoms with Gasteiger partial charge in [-0.1, -0.05) is 54.6 Å². The largest absolute Gasteiger partial charge is 0.483 e. The molecule has 4 rings (SSSR count). The van der Waals surface area contributed by atoms with Crippen LogP contribution in [0.4, 0.5) is 0 Å². The van der Waals surface area contributed by atoms with Gasteiger partial charge in [-0.2, -0.15) is 0 Å². The maximum Gasteiger partial charge on any atom is 0.335 e. The Morgan fingerprint density at radius 2 is 1.68 bits per heavy atom. The minimum atomic E-state index is -0.927. The van der Waals surface area contributed by atoms with Gasteiger partial charge in [-0.05, 0) is 72.4 Å². The lowest BCUT2D eigenvalue weighted by Gasteiger charge is -2.27. The summed E-state index contributed by atoms with van der Waals surface area (Å²) in [6.45, 7) is 3.98. The molecule has 140 valence electrons. The first kappa shape index (κ1) is 18.1. The van der Waals surface area contributed by atoms with Crippen LogP contribution >= 0.6 is 0 Å². The minimum Gasteiger partial charge on any atom is -0.483 e. The molecule has 0 atom stereocenters. The first-order valence-corrected chi connectivity index (χ1v) is 9.36. The van der Waals surface area contributed by atoms with E-state index in [1.807, 2.05) is 38.1 Å². The average Bonchev–Trinajstić information content (AvgIpc) is 3.11. The van der Waals surface area contributed by atoms with Crippen molar-refractivity contribution in [2.45, 2.75) is 25.9 Å². The Kier molecular flexibility index (Phi) is 4.52. The van der Waals surface area contributed by atoms with Gasteiger partial charge in [0.1, 0.15) is 11.4 Å². The Morgan fingerprint density at radius 3 is 2.36 bits per heavy atom. The molecule has 1 aliphatic rings. The van der Waals surface area contributed by atoms with E-state index >= 15 is 0 Å². The summed E-state index contributed by atoms with van der Waals surface area (Å²) in [5.74, 6) is -0.126. The zero-order valence-corrected chi connectivity index (χ0v) is 16.0. The summed E-state index contributed by atoms with van der Waals surface area (Å²) < 4.78 is 6.32. The maximum atomic E-state index is 11.1. The van der Waals surface area contributed by atoms with Gasteiger partial charge in [0.2, 0.25) is 0 Å². The number of hydrogen-bond acceptors (Lipinski definition) is 2. The van der Waals surface area contributed by atoms with Crippen LogP contribution in [0.1, 0.15) is 46.5 Å². The molecular formula is C25H22O3. The second-order valence-corrected chi connectivity index (χ2v) is 7.50. The molecular weight excluding hydrogens is 348 g/mol. The van der Waals surface area contributed by atoms with Crippen molar-refractivity contribution in [2.75, 3.05) is 0 Å². The fourth-order valence-electron chi connectivity index (χ4n) is 3.63. The van der Waals surface area contributed by atoms with E-state index in [0.717, 1.165) is 17.7 Å². The van der Waals surface area contributed by atoms with Crippen LogP contribution in [0.15, 0.2) is 78.9 Å². The normalized spacial score (nSPS) is 13.0. The zero-order chi connectivity index (χ0) is 19.7. The molecule has 0 unspecified atom stereocenters. The Hall–Kier alpha value is -3.33. The monoisotopic (exact) mass is 370 g/mol. The van der Waals surface area contributed by atoms with Crippen molar-refractivity contribution in [1.29, 1.82) is 0 Å². The number of hydrogen-bond donors (Lipinski definition) is 1. The van der Waals surface area contributed by atoms with Crippen LogP contribution in [-0.2, 0) is 12.0 Å². The van der Waals surface area contributed by atoms with Crippen LogP contribution in [0.25, 0.3) is 5.57 Å². The smallest absolute Gasteiger partial charge is 0.335 e. The third-order valence-electron chi connectivity index (χ3n) is 5.18. The molecule has 0 bridgehead atoms. The van der Waals surface area contributed by atoms with E-state index in [1.165, 1.54) is 22.3 Å². The van der Waals surface area contributed by atoms with E-state index in [2.05, 4.69) is 42.5 Å². The highest BCUT2D eigenvalue weighted by atomic mass is 16.5. The molecule has 1 N–H and O–H groups in total. The van der Waals surface area contributed by atoms with Crippen molar-refractivity contribution in [2.24, 2.45) is 0 Å². The van der Waals surface area contributed by atoms with Gasteiger partial charge < -0.3 is 9.84 Å². The summed E-state index contributed by atoms with van der Waals surface area (Å²) in [7, 11) is 0. The van der Waals surface area contributed by atoms with Gasteiger partial charge in [0, 0.05) is 0 Å². The van der Waals surface area contributed by atoms with E-state index in [-0.39, 0.29) is 5.56 Å². The average molecular weight is 370 g/mol. The number of aromatic carboxylic acids is 1. The highest BCUT2D eigenvalue weighted by Crippen LogP contribution is 2.37. The number of benzene rings is 3.